The van der Waals surface area contributed by atoms with Crippen LogP contribution in [0.25, 0.3) is 0 Å². The Labute approximate surface area is 167 Å². The third-order valence-electron chi connectivity index (χ3n) is 4.92. The van der Waals surface area contributed by atoms with Gasteiger partial charge in [0.15, 0.2) is 5.96 Å². The van der Waals surface area contributed by atoms with E-state index in [-0.39, 0.29) is 0 Å². The molecule has 0 bridgehead atoms. The van der Waals surface area contributed by atoms with Crippen molar-refractivity contribution in [3.05, 3.63) is 42.7 Å². The van der Waals surface area contributed by atoms with E-state index in [0.29, 0.717) is 12.0 Å². The Morgan fingerprint density at radius 2 is 2.21 bits per heavy atom. The lowest BCUT2D eigenvalue weighted by atomic mass is 10.2. The molecule has 1 aliphatic heterocycles. The maximum absolute atomic E-state index is 5.52. The average molecular weight is 385 g/mol. The summed E-state index contributed by atoms with van der Waals surface area (Å²) in [6, 6.07) is 10.5. The molecule has 1 aromatic carbocycles. The molecular weight excluding hydrogens is 352 g/mol. The molecule has 7 heteroatoms. The summed E-state index contributed by atoms with van der Waals surface area (Å²) in [5.41, 5.74) is 1.16. The van der Waals surface area contributed by atoms with Gasteiger partial charge in [0.05, 0.1) is 12.8 Å². The number of nitrogens with zero attached hydrogens (tertiary/aromatic N) is 4. The molecule has 7 nitrogen and oxygen atoms in total. The number of anilines is 1. The molecule has 2 N–H and O–H groups in total. The lowest BCUT2D eigenvalue weighted by Gasteiger charge is -2.22. The summed E-state index contributed by atoms with van der Waals surface area (Å²) in [5.74, 6) is 2.24. The third kappa shape index (κ3) is 5.41. The van der Waals surface area contributed by atoms with Crippen molar-refractivity contribution >= 4 is 11.6 Å². The van der Waals surface area contributed by atoms with E-state index in [2.05, 4.69) is 46.6 Å². The number of guanidine groups is 1. The monoisotopic (exact) mass is 384 g/mol. The molecule has 1 aliphatic rings. The SMILES string of the molecule is CCNC(=NCC(C)Cn1cccn1)NC1CCN(c2ccccc2OC)C1. The summed E-state index contributed by atoms with van der Waals surface area (Å²) in [4.78, 5) is 7.17. The molecule has 1 aromatic heterocycles. The van der Waals surface area contributed by atoms with Crippen LogP contribution in [0.3, 0.4) is 0 Å². The molecule has 3 rings (SSSR count). The van der Waals surface area contributed by atoms with Gasteiger partial charge in [0.1, 0.15) is 5.75 Å². The highest BCUT2D eigenvalue weighted by molar-refractivity contribution is 5.80. The van der Waals surface area contributed by atoms with Gasteiger partial charge in [-0.25, -0.2) is 0 Å². The number of aliphatic imine (C=N–C) groups is 1. The number of nitrogens with one attached hydrogen (secondary N) is 2. The van der Waals surface area contributed by atoms with Gasteiger partial charge in [-0.05, 0) is 37.5 Å². The minimum Gasteiger partial charge on any atom is -0.495 e. The molecule has 0 aliphatic carbocycles. The zero-order chi connectivity index (χ0) is 19.8. The van der Waals surface area contributed by atoms with Crippen LogP contribution in [0.5, 0.6) is 5.75 Å². The van der Waals surface area contributed by atoms with Crippen molar-refractivity contribution in [2.75, 3.05) is 38.2 Å². The molecule has 1 fully saturated rings. The first-order chi connectivity index (χ1) is 13.7. The molecule has 0 radical (unpaired) electrons. The molecular formula is C21H32N6O. The molecule has 2 aromatic rings. The predicted octanol–water partition coefficient (Wildman–Crippen LogP) is 2.36. The van der Waals surface area contributed by atoms with Crippen molar-refractivity contribution < 1.29 is 4.74 Å². The first-order valence-electron chi connectivity index (χ1n) is 10.1. The number of rotatable bonds is 8. The number of methoxy groups -OCH3 is 1. The van der Waals surface area contributed by atoms with Gasteiger partial charge in [-0.1, -0.05) is 19.1 Å². The van der Waals surface area contributed by atoms with Crippen molar-refractivity contribution in [2.45, 2.75) is 32.9 Å². The van der Waals surface area contributed by atoms with E-state index >= 15 is 0 Å². The van der Waals surface area contributed by atoms with E-state index in [1.807, 2.05) is 35.3 Å². The van der Waals surface area contributed by atoms with Crippen LogP contribution >= 0.6 is 0 Å². The summed E-state index contributed by atoms with van der Waals surface area (Å²) in [6.45, 7) is 8.73. The molecule has 152 valence electrons. The Morgan fingerprint density at radius 3 is 2.96 bits per heavy atom. The van der Waals surface area contributed by atoms with Crippen molar-refractivity contribution in [1.82, 2.24) is 20.4 Å². The lowest BCUT2D eigenvalue weighted by Crippen LogP contribution is -2.44. The van der Waals surface area contributed by atoms with Crippen molar-refractivity contribution in [1.29, 1.82) is 0 Å². The van der Waals surface area contributed by atoms with Crippen LogP contribution in [0, 0.1) is 5.92 Å². The molecule has 2 atom stereocenters. The van der Waals surface area contributed by atoms with Gasteiger partial charge in [0.25, 0.3) is 0 Å². The first kappa shape index (κ1) is 20.0. The standard InChI is InChI=1S/C21H32N6O/c1-4-22-21(23-14-17(2)15-27-12-7-11-24-27)25-18-10-13-26(16-18)19-8-5-6-9-20(19)28-3/h5-9,11-12,17-18H,4,10,13-16H2,1-3H3,(H2,22,23,25). The van der Waals surface area contributed by atoms with Crippen LogP contribution < -0.4 is 20.3 Å². The maximum atomic E-state index is 5.52. The summed E-state index contributed by atoms with van der Waals surface area (Å²) >= 11 is 0. The van der Waals surface area contributed by atoms with E-state index in [1.54, 1.807) is 7.11 Å². The third-order valence-corrected chi connectivity index (χ3v) is 4.92. The Kier molecular flexibility index (Phi) is 7.17. The molecule has 0 spiro atoms. The van der Waals surface area contributed by atoms with Crippen LogP contribution in [0.15, 0.2) is 47.7 Å². The van der Waals surface area contributed by atoms with Gasteiger partial charge >= 0.3 is 0 Å². The van der Waals surface area contributed by atoms with Crippen LogP contribution in [0.4, 0.5) is 5.69 Å². The topological polar surface area (TPSA) is 66.7 Å². The fourth-order valence-corrected chi connectivity index (χ4v) is 3.53. The first-order valence-corrected chi connectivity index (χ1v) is 10.1. The van der Waals surface area contributed by atoms with Gasteiger partial charge < -0.3 is 20.3 Å². The number of para-hydroxylation sites is 2. The normalized spacial score (nSPS) is 18.2. The van der Waals surface area contributed by atoms with Crippen LogP contribution in [-0.4, -0.2) is 55.1 Å². The quantitative estimate of drug-likeness (QED) is 0.540. The number of aromatic nitrogens is 2. The van der Waals surface area contributed by atoms with E-state index in [0.717, 1.165) is 56.5 Å². The lowest BCUT2D eigenvalue weighted by molar-refractivity contribution is 0.415. The zero-order valence-corrected chi connectivity index (χ0v) is 17.1. The molecule has 1 saturated heterocycles. The van der Waals surface area contributed by atoms with Crippen LogP contribution in [0.2, 0.25) is 0 Å². The van der Waals surface area contributed by atoms with E-state index in [1.165, 1.54) is 0 Å². The summed E-state index contributed by atoms with van der Waals surface area (Å²) in [7, 11) is 1.73. The van der Waals surface area contributed by atoms with E-state index < -0.39 is 0 Å². The van der Waals surface area contributed by atoms with Crippen molar-refractivity contribution in [3.63, 3.8) is 0 Å². The largest absolute Gasteiger partial charge is 0.495 e. The van der Waals surface area contributed by atoms with Crippen molar-refractivity contribution in [2.24, 2.45) is 10.9 Å². The second-order valence-corrected chi connectivity index (χ2v) is 7.30. The average Bonchev–Trinajstić information content (AvgIpc) is 3.38. The van der Waals surface area contributed by atoms with Crippen molar-refractivity contribution in [3.8, 4) is 5.75 Å². The Hall–Kier alpha value is -2.70. The fraction of sp³-hybridized carbons (Fsp3) is 0.524. The van der Waals surface area contributed by atoms with Gasteiger partial charge in [0.2, 0.25) is 0 Å². The van der Waals surface area contributed by atoms with Gasteiger partial charge in [-0.3, -0.25) is 9.67 Å². The van der Waals surface area contributed by atoms with Gasteiger partial charge in [0, 0.05) is 51.2 Å². The smallest absolute Gasteiger partial charge is 0.191 e. The number of hydrogen-bond acceptors (Lipinski definition) is 4. The van der Waals surface area contributed by atoms with Crippen LogP contribution in [-0.2, 0) is 6.54 Å². The van der Waals surface area contributed by atoms with E-state index in [4.69, 9.17) is 9.73 Å². The summed E-state index contributed by atoms with van der Waals surface area (Å²) in [5, 5.41) is 11.3. The molecule has 0 saturated carbocycles. The van der Waals surface area contributed by atoms with E-state index in [9.17, 15) is 0 Å². The van der Waals surface area contributed by atoms with Gasteiger partial charge in [-0.2, -0.15) is 5.10 Å². The minimum absolute atomic E-state index is 0.365. The number of benzene rings is 1. The summed E-state index contributed by atoms with van der Waals surface area (Å²) < 4.78 is 7.48. The molecule has 2 heterocycles. The highest BCUT2D eigenvalue weighted by Crippen LogP contribution is 2.30. The maximum Gasteiger partial charge on any atom is 0.191 e. The number of hydrogen-bond donors (Lipinski definition) is 2. The fourth-order valence-electron chi connectivity index (χ4n) is 3.53. The highest BCUT2D eigenvalue weighted by Gasteiger charge is 2.25. The Bertz CT molecular complexity index is 745. The van der Waals surface area contributed by atoms with Gasteiger partial charge in [-0.15, -0.1) is 0 Å². The predicted molar refractivity (Wildman–Crippen MR) is 114 cm³/mol. The Balaban J connectivity index is 1.55. The molecule has 28 heavy (non-hydrogen) atoms. The summed E-state index contributed by atoms with van der Waals surface area (Å²) in [6.07, 6.45) is 4.88. The second kappa shape index (κ2) is 10.0. The highest BCUT2D eigenvalue weighted by atomic mass is 16.5. The minimum atomic E-state index is 0.365. The Morgan fingerprint density at radius 1 is 1.36 bits per heavy atom. The second-order valence-electron chi connectivity index (χ2n) is 7.30. The molecule has 0 amide bonds. The van der Waals surface area contributed by atoms with Crippen LogP contribution in [0.1, 0.15) is 20.3 Å². The zero-order valence-electron chi connectivity index (χ0n) is 17.1. The molecule has 2 unspecified atom stereocenters. The number of ether oxygens (including phenoxy) is 1.